The van der Waals surface area contributed by atoms with E-state index in [1.165, 1.54) is 12.1 Å². The van der Waals surface area contributed by atoms with Gasteiger partial charge in [0.15, 0.2) is 0 Å². The fourth-order valence-corrected chi connectivity index (χ4v) is 2.19. The fraction of sp³-hybridized carbons (Fsp3) is 0.118. The lowest BCUT2D eigenvalue weighted by Crippen LogP contribution is -2.06. The molecular weight excluding hydrogens is 265 g/mol. The molecule has 3 aromatic rings. The summed E-state index contributed by atoms with van der Waals surface area (Å²) in [5.74, 6) is 0.559. The van der Waals surface area contributed by atoms with Gasteiger partial charge in [-0.2, -0.15) is 0 Å². The second kappa shape index (κ2) is 5.79. The normalized spacial score (nSPS) is 10.6. The van der Waals surface area contributed by atoms with Crippen LogP contribution in [0.5, 0.6) is 0 Å². The van der Waals surface area contributed by atoms with Crippen molar-refractivity contribution in [2.75, 3.05) is 5.32 Å². The van der Waals surface area contributed by atoms with E-state index >= 15 is 0 Å². The molecule has 0 bridgehead atoms. The molecule has 0 aliphatic rings. The van der Waals surface area contributed by atoms with Crippen LogP contribution in [0, 0.1) is 12.7 Å². The molecule has 0 saturated carbocycles. The number of nitrogens with zero attached hydrogens (tertiary/aromatic N) is 2. The minimum Gasteiger partial charge on any atom is -0.351 e. The number of aromatic nitrogens is 2. The van der Waals surface area contributed by atoms with Crippen LogP contribution < -0.4 is 5.32 Å². The molecule has 0 radical (unpaired) electrons. The number of benzene rings is 2. The molecule has 0 amide bonds. The first-order valence-corrected chi connectivity index (χ1v) is 6.82. The van der Waals surface area contributed by atoms with Crippen LogP contribution in [0.3, 0.4) is 0 Å². The Bertz CT molecular complexity index is 718. The number of anilines is 1. The van der Waals surface area contributed by atoms with Crippen LogP contribution in [-0.4, -0.2) is 9.55 Å². The molecule has 1 heterocycles. The number of rotatable bonds is 4. The average molecular weight is 281 g/mol. The van der Waals surface area contributed by atoms with E-state index in [9.17, 15) is 4.39 Å². The largest absolute Gasteiger partial charge is 0.351 e. The van der Waals surface area contributed by atoms with E-state index in [1.54, 1.807) is 12.1 Å². The lowest BCUT2D eigenvalue weighted by molar-refractivity contribution is 0.627. The summed E-state index contributed by atoms with van der Waals surface area (Å²) in [7, 11) is 0. The van der Waals surface area contributed by atoms with Crippen LogP contribution in [0.4, 0.5) is 10.3 Å². The monoisotopic (exact) mass is 281 g/mol. The smallest absolute Gasteiger partial charge is 0.208 e. The summed E-state index contributed by atoms with van der Waals surface area (Å²) in [5.41, 5.74) is 3.01. The van der Waals surface area contributed by atoms with Gasteiger partial charge in [0.25, 0.3) is 0 Å². The summed E-state index contributed by atoms with van der Waals surface area (Å²) >= 11 is 0. The molecule has 3 rings (SSSR count). The molecule has 3 nitrogen and oxygen atoms in total. The number of nitrogens with one attached hydrogen (secondary N) is 1. The maximum Gasteiger partial charge on any atom is 0.208 e. The molecule has 21 heavy (non-hydrogen) atoms. The summed E-state index contributed by atoms with van der Waals surface area (Å²) in [5, 5.41) is 3.30. The number of aryl methyl sites for hydroxylation is 1. The van der Waals surface area contributed by atoms with Crippen LogP contribution in [0.15, 0.2) is 60.8 Å². The highest BCUT2D eigenvalue weighted by Gasteiger charge is 2.07. The molecule has 0 aliphatic heterocycles. The van der Waals surface area contributed by atoms with Gasteiger partial charge in [0.2, 0.25) is 5.95 Å². The van der Waals surface area contributed by atoms with Gasteiger partial charge in [0, 0.05) is 18.4 Å². The highest BCUT2D eigenvalue weighted by atomic mass is 19.1. The van der Waals surface area contributed by atoms with Crippen LogP contribution in [0.25, 0.3) is 5.69 Å². The Morgan fingerprint density at radius 1 is 1.05 bits per heavy atom. The molecule has 1 N–H and O–H groups in total. The van der Waals surface area contributed by atoms with Crippen molar-refractivity contribution in [3.05, 3.63) is 77.9 Å². The zero-order valence-corrected chi connectivity index (χ0v) is 11.8. The zero-order valence-electron chi connectivity index (χ0n) is 11.8. The van der Waals surface area contributed by atoms with Gasteiger partial charge in [-0.15, -0.1) is 0 Å². The van der Waals surface area contributed by atoms with Gasteiger partial charge < -0.3 is 5.32 Å². The SMILES string of the molecule is Cc1cn(-c2ccccc2)c(NCc2ccc(F)cc2)n1. The van der Waals surface area contributed by atoms with Crippen molar-refractivity contribution >= 4 is 5.95 Å². The van der Waals surface area contributed by atoms with E-state index in [1.807, 2.05) is 48.0 Å². The molecule has 0 unspecified atom stereocenters. The van der Waals surface area contributed by atoms with E-state index in [0.717, 1.165) is 22.9 Å². The van der Waals surface area contributed by atoms with Crippen LogP contribution in [0.2, 0.25) is 0 Å². The predicted molar refractivity (Wildman–Crippen MR) is 82.0 cm³/mol. The Labute approximate surface area is 123 Å². The van der Waals surface area contributed by atoms with Crippen molar-refractivity contribution in [3.63, 3.8) is 0 Å². The van der Waals surface area contributed by atoms with E-state index in [4.69, 9.17) is 0 Å². The van der Waals surface area contributed by atoms with Crippen molar-refractivity contribution in [2.24, 2.45) is 0 Å². The second-order valence-corrected chi connectivity index (χ2v) is 4.89. The van der Waals surface area contributed by atoms with Gasteiger partial charge in [-0.25, -0.2) is 9.37 Å². The Balaban J connectivity index is 1.81. The Kier molecular flexibility index (Phi) is 3.69. The van der Waals surface area contributed by atoms with Gasteiger partial charge in [0.1, 0.15) is 5.82 Å². The highest BCUT2D eigenvalue weighted by Crippen LogP contribution is 2.17. The average Bonchev–Trinajstić information content (AvgIpc) is 2.89. The summed E-state index contributed by atoms with van der Waals surface area (Å²) in [4.78, 5) is 4.50. The Hall–Kier alpha value is -2.62. The maximum atomic E-state index is 12.9. The molecule has 0 spiro atoms. The summed E-state index contributed by atoms with van der Waals surface area (Å²) in [6, 6.07) is 16.5. The van der Waals surface area contributed by atoms with Crippen molar-refractivity contribution < 1.29 is 4.39 Å². The minimum atomic E-state index is -0.222. The first-order chi connectivity index (χ1) is 10.2. The molecule has 0 fully saturated rings. The maximum absolute atomic E-state index is 12.9. The molecule has 4 heteroatoms. The highest BCUT2D eigenvalue weighted by molar-refractivity contribution is 5.43. The van der Waals surface area contributed by atoms with E-state index in [2.05, 4.69) is 10.3 Å². The summed E-state index contributed by atoms with van der Waals surface area (Å²) < 4.78 is 14.9. The predicted octanol–water partition coefficient (Wildman–Crippen LogP) is 3.93. The van der Waals surface area contributed by atoms with Gasteiger partial charge >= 0.3 is 0 Å². The molecule has 1 aromatic heterocycles. The van der Waals surface area contributed by atoms with Gasteiger partial charge in [-0.1, -0.05) is 30.3 Å². The Morgan fingerprint density at radius 2 is 1.76 bits per heavy atom. The van der Waals surface area contributed by atoms with Gasteiger partial charge in [0.05, 0.1) is 5.69 Å². The van der Waals surface area contributed by atoms with E-state index < -0.39 is 0 Å². The molecule has 0 saturated heterocycles. The fourth-order valence-electron chi connectivity index (χ4n) is 2.19. The van der Waals surface area contributed by atoms with Crippen molar-refractivity contribution in [1.29, 1.82) is 0 Å². The van der Waals surface area contributed by atoms with Crippen molar-refractivity contribution in [1.82, 2.24) is 9.55 Å². The lowest BCUT2D eigenvalue weighted by atomic mass is 10.2. The molecule has 0 atom stereocenters. The van der Waals surface area contributed by atoms with Gasteiger partial charge in [-0.3, -0.25) is 4.57 Å². The second-order valence-electron chi connectivity index (χ2n) is 4.89. The quantitative estimate of drug-likeness (QED) is 0.785. The van der Waals surface area contributed by atoms with Crippen LogP contribution in [0.1, 0.15) is 11.3 Å². The number of hydrogen-bond acceptors (Lipinski definition) is 2. The first-order valence-electron chi connectivity index (χ1n) is 6.82. The summed E-state index contributed by atoms with van der Waals surface area (Å²) in [6.45, 7) is 2.56. The number of para-hydroxylation sites is 1. The molecule has 0 aliphatic carbocycles. The van der Waals surface area contributed by atoms with Crippen LogP contribution >= 0.6 is 0 Å². The van der Waals surface area contributed by atoms with Crippen molar-refractivity contribution in [2.45, 2.75) is 13.5 Å². The number of halogens is 1. The minimum absolute atomic E-state index is 0.222. The third-order valence-electron chi connectivity index (χ3n) is 3.22. The molecule has 106 valence electrons. The third-order valence-corrected chi connectivity index (χ3v) is 3.22. The van der Waals surface area contributed by atoms with E-state index in [0.29, 0.717) is 6.54 Å². The number of imidazole rings is 1. The third kappa shape index (κ3) is 3.11. The first kappa shape index (κ1) is 13.4. The Morgan fingerprint density at radius 3 is 2.48 bits per heavy atom. The standard InChI is InChI=1S/C17H16FN3/c1-13-12-21(16-5-3-2-4-6-16)17(20-13)19-11-14-7-9-15(18)10-8-14/h2-10,12H,11H2,1H3,(H,19,20). The molecule has 2 aromatic carbocycles. The van der Waals surface area contributed by atoms with Crippen molar-refractivity contribution in [3.8, 4) is 5.69 Å². The number of hydrogen-bond donors (Lipinski definition) is 1. The van der Waals surface area contributed by atoms with Gasteiger partial charge in [-0.05, 0) is 36.8 Å². The lowest BCUT2D eigenvalue weighted by Gasteiger charge is -2.09. The summed E-state index contributed by atoms with van der Waals surface area (Å²) in [6.07, 6.45) is 1.99. The zero-order chi connectivity index (χ0) is 14.7. The van der Waals surface area contributed by atoms with Crippen LogP contribution in [-0.2, 0) is 6.54 Å². The molecular formula is C17H16FN3. The van der Waals surface area contributed by atoms with E-state index in [-0.39, 0.29) is 5.82 Å². The topological polar surface area (TPSA) is 29.9 Å².